The molecule has 142 valence electrons. The predicted octanol–water partition coefficient (Wildman–Crippen LogP) is 5.54. The van der Waals surface area contributed by atoms with E-state index in [-0.39, 0.29) is 0 Å². The van der Waals surface area contributed by atoms with Gasteiger partial charge in [-0.25, -0.2) is 0 Å². The van der Waals surface area contributed by atoms with Crippen LogP contribution in [0.5, 0.6) is 0 Å². The van der Waals surface area contributed by atoms with Crippen LogP contribution >= 0.6 is 27.7 Å². The molecule has 0 N–H and O–H groups in total. The molecule has 0 aliphatic heterocycles. The van der Waals surface area contributed by atoms with Crippen LogP contribution in [0.4, 0.5) is 0 Å². The SMILES string of the molecule is Cc1cc(CSc2nnc(-c3ccc(Br)cc3)n2CCc2ccccc2)on1. The number of hydrogen-bond acceptors (Lipinski definition) is 5. The van der Waals surface area contributed by atoms with Crippen molar-refractivity contribution in [3.63, 3.8) is 0 Å². The molecule has 0 saturated heterocycles. The fourth-order valence-electron chi connectivity index (χ4n) is 2.92. The molecule has 5 nitrogen and oxygen atoms in total. The fourth-order valence-corrected chi connectivity index (χ4v) is 4.02. The summed E-state index contributed by atoms with van der Waals surface area (Å²) >= 11 is 5.11. The van der Waals surface area contributed by atoms with Gasteiger partial charge in [0.15, 0.2) is 11.0 Å². The lowest BCUT2D eigenvalue weighted by atomic mass is 10.1. The second-order valence-corrected chi connectivity index (χ2v) is 8.28. The highest BCUT2D eigenvalue weighted by Gasteiger charge is 2.15. The summed E-state index contributed by atoms with van der Waals surface area (Å²) in [5.74, 6) is 2.38. The Hall–Kier alpha value is -2.38. The van der Waals surface area contributed by atoms with Gasteiger partial charge in [-0.15, -0.1) is 10.2 Å². The number of halogens is 1. The van der Waals surface area contributed by atoms with E-state index in [0.717, 1.165) is 45.4 Å². The van der Waals surface area contributed by atoms with Crippen LogP contribution in [-0.4, -0.2) is 19.9 Å². The molecular formula is C21H19BrN4OS. The summed E-state index contributed by atoms with van der Waals surface area (Å²) < 4.78 is 8.55. The highest BCUT2D eigenvalue weighted by molar-refractivity contribution is 9.10. The van der Waals surface area contributed by atoms with E-state index in [4.69, 9.17) is 4.52 Å². The number of aryl methyl sites for hydroxylation is 2. The van der Waals surface area contributed by atoms with Crippen molar-refractivity contribution in [2.45, 2.75) is 30.8 Å². The van der Waals surface area contributed by atoms with E-state index >= 15 is 0 Å². The van der Waals surface area contributed by atoms with Gasteiger partial charge in [-0.2, -0.15) is 0 Å². The lowest BCUT2D eigenvalue weighted by Crippen LogP contribution is -2.05. The Morgan fingerprint density at radius 3 is 2.54 bits per heavy atom. The number of benzene rings is 2. The molecule has 2 heterocycles. The Bertz CT molecular complexity index is 1040. The van der Waals surface area contributed by atoms with Crippen LogP contribution in [0, 0.1) is 6.92 Å². The number of aromatic nitrogens is 4. The normalized spacial score (nSPS) is 11.1. The minimum atomic E-state index is 0.671. The zero-order valence-corrected chi connectivity index (χ0v) is 17.8. The minimum absolute atomic E-state index is 0.671. The lowest BCUT2D eigenvalue weighted by molar-refractivity contribution is 0.391. The maximum atomic E-state index is 5.33. The lowest BCUT2D eigenvalue weighted by Gasteiger charge is -2.10. The van der Waals surface area contributed by atoms with Crippen LogP contribution < -0.4 is 0 Å². The Balaban J connectivity index is 1.59. The highest BCUT2D eigenvalue weighted by Crippen LogP contribution is 2.28. The van der Waals surface area contributed by atoms with E-state index in [1.807, 2.05) is 31.2 Å². The maximum Gasteiger partial charge on any atom is 0.191 e. The van der Waals surface area contributed by atoms with E-state index < -0.39 is 0 Å². The molecule has 0 fully saturated rings. The smallest absolute Gasteiger partial charge is 0.191 e. The molecule has 0 aliphatic rings. The van der Waals surface area contributed by atoms with Crippen LogP contribution in [0.25, 0.3) is 11.4 Å². The Morgan fingerprint density at radius 2 is 1.82 bits per heavy atom. The third kappa shape index (κ3) is 4.54. The molecule has 0 spiro atoms. The second kappa shape index (κ2) is 8.75. The standard InChI is InChI=1S/C21H19BrN4OS/c1-15-13-19(27-25-15)14-28-21-24-23-20(17-7-9-18(22)10-8-17)26(21)12-11-16-5-3-2-4-6-16/h2-10,13H,11-12,14H2,1H3. The summed E-state index contributed by atoms with van der Waals surface area (Å²) in [6, 6.07) is 20.6. The zero-order valence-electron chi connectivity index (χ0n) is 15.4. The van der Waals surface area contributed by atoms with Crippen molar-refractivity contribution in [2.24, 2.45) is 0 Å². The first-order valence-electron chi connectivity index (χ1n) is 8.97. The van der Waals surface area contributed by atoms with E-state index in [0.29, 0.717) is 5.75 Å². The van der Waals surface area contributed by atoms with Crippen molar-refractivity contribution in [3.05, 3.63) is 82.2 Å². The Morgan fingerprint density at radius 1 is 1.04 bits per heavy atom. The molecule has 4 aromatic rings. The third-order valence-corrected chi connectivity index (χ3v) is 5.82. The van der Waals surface area contributed by atoms with Gasteiger partial charge in [-0.1, -0.05) is 75.3 Å². The molecule has 0 amide bonds. The zero-order chi connectivity index (χ0) is 19.3. The van der Waals surface area contributed by atoms with Gasteiger partial charge >= 0.3 is 0 Å². The second-order valence-electron chi connectivity index (χ2n) is 6.42. The van der Waals surface area contributed by atoms with Crippen LogP contribution in [0.15, 0.2) is 74.8 Å². The molecule has 0 atom stereocenters. The van der Waals surface area contributed by atoms with Gasteiger partial charge in [0.05, 0.1) is 11.4 Å². The molecule has 2 aromatic carbocycles. The molecule has 2 aromatic heterocycles. The summed E-state index contributed by atoms with van der Waals surface area (Å²) in [7, 11) is 0. The van der Waals surface area contributed by atoms with Crippen molar-refractivity contribution in [1.29, 1.82) is 0 Å². The average molecular weight is 455 g/mol. The molecule has 4 rings (SSSR count). The van der Waals surface area contributed by atoms with Crippen molar-refractivity contribution in [1.82, 2.24) is 19.9 Å². The molecule has 0 radical (unpaired) electrons. The van der Waals surface area contributed by atoms with Crippen molar-refractivity contribution in [3.8, 4) is 11.4 Å². The quantitative estimate of drug-likeness (QED) is 0.343. The first-order valence-corrected chi connectivity index (χ1v) is 10.7. The number of rotatable bonds is 7. The minimum Gasteiger partial charge on any atom is -0.360 e. The van der Waals surface area contributed by atoms with Gasteiger partial charge in [0.1, 0.15) is 5.76 Å². The van der Waals surface area contributed by atoms with E-state index in [1.54, 1.807) is 11.8 Å². The first kappa shape index (κ1) is 19.0. The molecule has 0 bridgehead atoms. The van der Waals surface area contributed by atoms with Gasteiger partial charge in [-0.3, -0.25) is 0 Å². The highest BCUT2D eigenvalue weighted by atomic mass is 79.9. The summed E-state index contributed by atoms with van der Waals surface area (Å²) in [6.45, 7) is 2.73. The Kier molecular flexibility index (Phi) is 5.92. The van der Waals surface area contributed by atoms with Crippen LogP contribution in [-0.2, 0) is 18.7 Å². The van der Waals surface area contributed by atoms with Crippen molar-refractivity contribution >= 4 is 27.7 Å². The van der Waals surface area contributed by atoms with Crippen LogP contribution in [0.1, 0.15) is 17.0 Å². The van der Waals surface area contributed by atoms with Gasteiger partial charge in [-0.05, 0) is 31.0 Å². The molecule has 0 aliphatic carbocycles. The van der Waals surface area contributed by atoms with Crippen molar-refractivity contribution in [2.75, 3.05) is 0 Å². The van der Waals surface area contributed by atoms with Gasteiger partial charge in [0.25, 0.3) is 0 Å². The predicted molar refractivity (Wildman–Crippen MR) is 114 cm³/mol. The van der Waals surface area contributed by atoms with Crippen LogP contribution in [0.3, 0.4) is 0 Å². The van der Waals surface area contributed by atoms with Gasteiger partial charge < -0.3 is 9.09 Å². The first-order chi connectivity index (χ1) is 13.7. The van der Waals surface area contributed by atoms with E-state index in [9.17, 15) is 0 Å². The van der Waals surface area contributed by atoms with Crippen molar-refractivity contribution < 1.29 is 4.52 Å². The average Bonchev–Trinajstić information content (AvgIpc) is 3.32. The number of nitrogens with zero attached hydrogens (tertiary/aromatic N) is 4. The van der Waals surface area contributed by atoms with E-state index in [1.165, 1.54) is 5.56 Å². The third-order valence-electron chi connectivity index (χ3n) is 4.31. The molecule has 0 unspecified atom stereocenters. The fraction of sp³-hybridized carbons (Fsp3) is 0.190. The maximum absolute atomic E-state index is 5.33. The van der Waals surface area contributed by atoms with Gasteiger partial charge in [0.2, 0.25) is 0 Å². The van der Waals surface area contributed by atoms with Gasteiger partial charge in [0, 0.05) is 22.6 Å². The summed E-state index contributed by atoms with van der Waals surface area (Å²) in [5.41, 5.74) is 3.22. The largest absolute Gasteiger partial charge is 0.360 e. The number of hydrogen-bond donors (Lipinski definition) is 0. The van der Waals surface area contributed by atoms with E-state index in [2.05, 4.69) is 72.2 Å². The number of thioether (sulfide) groups is 1. The molecule has 28 heavy (non-hydrogen) atoms. The summed E-state index contributed by atoms with van der Waals surface area (Å²) in [6.07, 6.45) is 0.914. The topological polar surface area (TPSA) is 56.7 Å². The Labute approximate surface area is 176 Å². The summed E-state index contributed by atoms with van der Waals surface area (Å²) in [5, 5.41) is 13.8. The summed E-state index contributed by atoms with van der Waals surface area (Å²) in [4.78, 5) is 0. The molecule has 7 heteroatoms. The molecule has 0 saturated carbocycles. The van der Waals surface area contributed by atoms with Crippen LogP contribution in [0.2, 0.25) is 0 Å². The molecular weight excluding hydrogens is 436 g/mol. The monoisotopic (exact) mass is 454 g/mol.